The van der Waals surface area contributed by atoms with Crippen molar-refractivity contribution < 1.29 is 9.26 Å². The van der Waals surface area contributed by atoms with Crippen LogP contribution in [0.2, 0.25) is 0 Å². The van der Waals surface area contributed by atoms with Crippen LogP contribution in [0.3, 0.4) is 0 Å². The van der Waals surface area contributed by atoms with Crippen molar-refractivity contribution in [1.29, 1.82) is 0 Å². The van der Waals surface area contributed by atoms with E-state index in [1.807, 2.05) is 36.5 Å². The molecule has 3 heterocycles. The van der Waals surface area contributed by atoms with Crippen molar-refractivity contribution in [2.75, 3.05) is 13.2 Å². The second-order valence-electron chi connectivity index (χ2n) is 4.98. The highest BCUT2D eigenvalue weighted by Crippen LogP contribution is 2.28. The van der Waals surface area contributed by atoms with Gasteiger partial charge in [-0.1, -0.05) is 17.3 Å². The monoisotopic (exact) mass is 282 g/mol. The standard InChI is InChI=1S/C15H14N4O2/c1-2-5-13(19-8-3-7-16-19)12(4-1)14-17-15(21-18-14)11-6-9-20-10-11/h1-5,7-8,11H,6,9-10H2/t11-/m1/s1. The lowest BCUT2D eigenvalue weighted by Crippen LogP contribution is -1.99. The van der Waals surface area contributed by atoms with Crippen LogP contribution in [0.1, 0.15) is 18.2 Å². The summed E-state index contributed by atoms with van der Waals surface area (Å²) in [5, 5.41) is 8.39. The zero-order valence-corrected chi connectivity index (χ0v) is 11.3. The first-order valence-corrected chi connectivity index (χ1v) is 6.92. The number of hydrogen-bond donors (Lipinski definition) is 0. The van der Waals surface area contributed by atoms with Gasteiger partial charge in [0.2, 0.25) is 11.7 Å². The molecule has 21 heavy (non-hydrogen) atoms. The Morgan fingerprint density at radius 3 is 2.95 bits per heavy atom. The lowest BCUT2D eigenvalue weighted by Gasteiger charge is -2.05. The van der Waals surface area contributed by atoms with Crippen LogP contribution >= 0.6 is 0 Å². The lowest BCUT2D eigenvalue weighted by molar-refractivity contribution is 0.189. The largest absolute Gasteiger partial charge is 0.381 e. The van der Waals surface area contributed by atoms with Gasteiger partial charge in [-0.25, -0.2) is 4.68 Å². The molecule has 0 saturated carbocycles. The van der Waals surface area contributed by atoms with Gasteiger partial charge in [-0.3, -0.25) is 0 Å². The van der Waals surface area contributed by atoms with E-state index in [2.05, 4.69) is 15.2 Å². The minimum atomic E-state index is 0.211. The van der Waals surface area contributed by atoms with Gasteiger partial charge in [-0.15, -0.1) is 0 Å². The Bertz CT molecular complexity index is 730. The van der Waals surface area contributed by atoms with Crippen LogP contribution in [0, 0.1) is 0 Å². The number of hydrogen-bond acceptors (Lipinski definition) is 5. The number of benzene rings is 1. The van der Waals surface area contributed by atoms with Crippen molar-refractivity contribution >= 4 is 0 Å². The average Bonchev–Trinajstić information content (AvgIpc) is 3.27. The summed E-state index contributed by atoms with van der Waals surface area (Å²) in [6.45, 7) is 1.41. The smallest absolute Gasteiger partial charge is 0.232 e. The van der Waals surface area contributed by atoms with Crippen LogP contribution in [0.15, 0.2) is 47.2 Å². The van der Waals surface area contributed by atoms with Gasteiger partial charge < -0.3 is 9.26 Å². The molecule has 1 atom stereocenters. The van der Waals surface area contributed by atoms with Crippen LogP contribution in [0.25, 0.3) is 17.1 Å². The second kappa shape index (κ2) is 5.14. The molecule has 0 amide bonds. The zero-order chi connectivity index (χ0) is 14.1. The van der Waals surface area contributed by atoms with E-state index in [1.165, 1.54) is 0 Å². The summed E-state index contributed by atoms with van der Waals surface area (Å²) in [5.41, 5.74) is 1.83. The quantitative estimate of drug-likeness (QED) is 0.738. The van der Waals surface area contributed by atoms with Crippen LogP contribution in [-0.2, 0) is 4.74 Å². The average molecular weight is 282 g/mol. The van der Waals surface area contributed by atoms with E-state index >= 15 is 0 Å². The Kier molecular flexibility index (Phi) is 3.01. The molecule has 1 saturated heterocycles. The fraction of sp³-hybridized carbons (Fsp3) is 0.267. The summed E-state index contributed by atoms with van der Waals surface area (Å²) in [7, 11) is 0. The molecule has 1 aliphatic heterocycles. The molecule has 0 spiro atoms. The minimum Gasteiger partial charge on any atom is -0.381 e. The Morgan fingerprint density at radius 1 is 1.19 bits per heavy atom. The Labute approximate surface area is 121 Å². The van der Waals surface area contributed by atoms with Gasteiger partial charge in [0.05, 0.1) is 18.2 Å². The number of para-hydroxylation sites is 1. The third-order valence-electron chi connectivity index (χ3n) is 3.62. The molecule has 6 nitrogen and oxygen atoms in total. The predicted molar refractivity (Wildman–Crippen MR) is 75.0 cm³/mol. The summed E-state index contributed by atoms with van der Waals surface area (Å²) in [6.07, 6.45) is 4.57. The molecule has 106 valence electrons. The molecule has 3 aromatic rings. The van der Waals surface area contributed by atoms with Crippen molar-refractivity contribution in [2.45, 2.75) is 12.3 Å². The molecule has 1 aliphatic rings. The van der Waals surface area contributed by atoms with Crippen molar-refractivity contribution in [3.8, 4) is 17.1 Å². The molecule has 1 aromatic carbocycles. The molecule has 0 radical (unpaired) electrons. The maximum Gasteiger partial charge on any atom is 0.232 e. The van der Waals surface area contributed by atoms with Gasteiger partial charge in [0, 0.05) is 24.6 Å². The van der Waals surface area contributed by atoms with Gasteiger partial charge in [0.15, 0.2) is 0 Å². The summed E-state index contributed by atoms with van der Waals surface area (Å²) < 4.78 is 12.6. The van der Waals surface area contributed by atoms with E-state index in [4.69, 9.17) is 9.26 Å². The highest BCUT2D eigenvalue weighted by Gasteiger charge is 2.24. The molecule has 0 unspecified atom stereocenters. The Balaban J connectivity index is 1.74. The minimum absolute atomic E-state index is 0.211. The van der Waals surface area contributed by atoms with Gasteiger partial charge in [0.1, 0.15) is 0 Å². The molecule has 1 fully saturated rings. The Morgan fingerprint density at radius 2 is 2.14 bits per heavy atom. The van der Waals surface area contributed by atoms with Crippen molar-refractivity contribution in [3.05, 3.63) is 48.6 Å². The number of ether oxygens (including phenoxy) is 1. The Hall–Kier alpha value is -2.47. The van der Waals surface area contributed by atoms with Crippen molar-refractivity contribution in [2.24, 2.45) is 0 Å². The maximum absolute atomic E-state index is 5.40. The summed E-state index contributed by atoms with van der Waals surface area (Å²) in [4.78, 5) is 4.53. The highest BCUT2D eigenvalue weighted by atomic mass is 16.5. The zero-order valence-electron chi connectivity index (χ0n) is 11.3. The van der Waals surface area contributed by atoms with Gasteiger partial charge in [-0.2, -0.15) is 10.1 Å². The van der Waals surface area contributed by atoms with E-state index < -0.39 is 0 Å². The highest BCUT2D eigenvalue weighted by molar-refractivity contribution is 5.66. The first kappa shape index (κ1) is 12.3. The van der Waals surface area contributed by atoms with Crippen LogP contribution in [0.5, 0.6) is 0 Å². The molecule has 0 bridgehead atoms. The molecular weight excluding hydrogens is 268 g/mol. The third kappa shape index (κ3) is 2.23. The van der Waals surface area contributed by atoms with E-state index in [-0.39, 0.29) is 5.92 Å². The predicted octanol–water partition coefficient (Wildman–Crippen LogP) is 2.43. The lowest BCUT2D eigenvalue weighted by atomic mass is 10.1. The molecule has 0 aliphatic carbocycles. The normalized spacial score (nSPS) is 18.2. The molecule has 2 aromatic heterocycles. The third-order valence-corrected chi connectivity index (χ3v) is 3.62. The van der Waals surface area contributed by atoms with Crippen LogP contribution < -0.4 is 0 Å². The first-order valence-electron chi connectivity index (χ1n) is 6.92. The van der Waals surface area contributed by atoms with Gasteiger partial charge in [-0.05, 0) is 24.6 Å². The fourth-order valence-corrected chi connectivity index (χ4v) is 2.51. The molecule has 0 N–H and O–H groups in total. The maximum atomic E-state index is 5.40. The second-order valence-corrected chi connectivity index (χ2v) is 4.98. The van der Waals surface area contributed by atoms with E-state index in [1.54, 1.807) is 10.9 Å². The van der Waals surface area contributed by atoms with Crippen LogP contribution in [0.4, 0.5) is 0 Å². The first-order chi connectivity index (χ1) is 10.4. The van der Waals surface area contributed by atoms with E-state index in [0.717, 1.165) is 24.3 Å². The number of nitrogens with zero attached hydrogens (tertiary/aromatic N) is 4. The molecule has 4 rings (SSSR count). The fourth-order valence-electron chi connectivity index (χ4n) is 2.51. The van der Waals surface area contributed by atoms with E-state index in [0.29, 0.717) is 18.3 Å². The summed E-state index contributed by atoms with van der Waals surface area (Å²) >= 11 is 0. The molecular formula is C15H14N4O2. The van der Waals surface area contributed by atoms with Crippen molar-refractivity contribution in [1.82, 2.24) is 19.9 Å². The number of rotatable bonds is 3. The summed E-state index contributed by atoms with van der Waals surface area (Å²) in [6, 6.07) is 9.76. The SMILES string of the molecule is c1ccc(-n2cccn2)c(-c2noc([C@@H]3CCOC3)n2)c1. The van der Waals surface area contributed by atoms with Crippen molar-refractivity contribution in [3.63, 3.8) is 0 Å². The van der Waals surface area contributed by atoms with Gasteiger partial charge in [0.25, 0.3) is 0 Å². The van der Waals surface area contributed by atoms with Gasteiger partial charge >= 0.3 is 0 Å². The number of aromatic nitrogens is 4. The molecule has 6 heteroatoms. The van der Waals surface area contributed by atoms with E-state index in [9.17, 15) is 0 Å². The van der Waals surface area contributed by atoms with Crippen LogP contribution in [-0.4, -0.2) is 33.1 Å². The topological polar surface area (TPSA) is 66.0 Å². The summed E-state index contributed by atoms with van der Waals surface area (Å²) in [5.74, 6) is 1.45.